The number of nitrogens with zero attached hydrogens (tertiary/aromatic N) is 1. The van der Waals surface area contributed by atoms with E-state index in [0.717, 1.165) is 25.9 Å². The lowest BCUT2D eigenvalue weighted by atomic mass is 9.93. The Morgan fingerprint density at radius 1 is 1.31 bits per heavy atom. The fourth-order valence-corrected chi connectivity index (χ4v) is 2.07. The first-order chi connectivity index (χ1) is 7.38. The van der Waals surface area contributed by atoms with Crippen LogP contribution in [0.15, 0.2) is 0 Å². The van der Waals surface area contributed by atoms with Crippen molar-refractivity contribution in [1.29, 1.82) is 0 Å². The summed E-state index contributed by atoms with van der Waals surface area (Å²) in [4.78, 5) is 13.1. The number of rotatable bonds is 4. The summed E-state index contributed by atoms with van der Waals surface area (Å²) in [6.07, 6.45) is -3.01. The van der Waals surface area contributed by atoms with Gasteiger partial charge in [0.1, 0.15) is 5.78 Å². The molecule has 1 aliphatic rings. The van der Waals surface area contributed by atoms with E-state index in [1.807, 2.05) is 4.90 Å². The summed E-state index contributed by atoms with van der Waals surface area (Å²) in [7, 11) is 0. The van der Waals surface area contributed by atoms with Gasteiger partial charge in [0.05, 0.1) is 0 Å². The predicted octanol–water partition coefficient (Wildman–Crippen LogP) is 2.63. The normalized spacial score (nSPS) is 20.0. The fraction of sp³-hybridized carbons (Fsp3) is 0.909. The van der Waals surface area contributed by atoms with Crippen molar-refractivity contribution in [2.45, 2.75) is 38.8 Å². The molecule has 1 rings (SSSR count). The molecule has 0 aromatic carbocycles. The van der Waals surface area contributed by atoms with Crippen LogP contribution < -0.4 is 0 Å². The Kier molecular flexibility index (Phi) is 4.77. The van der Waals surface area contributed by atoms with Crippen LogP contribution in [-0.2, 0) is 4.79 Å². The number of likely N-dealkylation sites (tertiary alicyclic amines) is 1. The quantitative estimate of drug-likeness (QED) is 0.749. The SMILES string of the molecule is CC(=O)C1CCN(CCCC(F)(F)F)CC1. The molecule has 0 aliphatic carbocycles. The summed E-state index contributed by atoms with van der Waals surface area (Å²) in [5, 5.41) is 0. The summed E-state index contributed by atoms with van der Waals surface area (Å²) in [5.41, 5.74) is 0. The van der Waals surface area contributed by atoms with E-state index in [2.05, 4.69) is 0 Å². The molecule has 0 radical (unpaired) electrons. The lowest BCUT2D eigenvalue weighted by molar-refractivity contribution is -0.136. The number of carbonyl (C=O) groups is 1. The maximum absolute atomic E-state index is 11.9. The van der Waals surface area contributed by atoms with E-state index < -0.39 is 12.6 Å². The number of carbonyl (C=O) groups excluding carboxylic acids is 1. The highest BCUT2D eigenvalue weighted by atomic mass is 19.4. The van der Waals surface area contributed by atoms with E-state index >= 15 is 0 Å². The van der Waals surface area contributed by atoms with Crippen LogP contribution in [0.4, 0.5) is 13.2 Å². The highest BCUT2D eigenvalue weighted by molar-refractivity contribution is 5.78. The predicted molar refractivity (Wildman–Crippen MR) is 55.1 cm³/mol. The van der Waals surface area contributed by atoms with E-state index in [-0.39, 0.29) is 18.1 Å². The standard InChI is InChI=1S/C11H18F3NO/c1-9(16)10-3-7-15(8-4-10)6-2-5-11(12,13)14/h10H,2-8H2,1H3. The molecule has 0 aromatic rings. The van der Waals surface area contributed by atoms with Crippen molar-refractivity contribution < 1.29 is 18.0 Å². The molecule has 94 valence electrons. The first kappa shape index (κ1) is 13.5. The Balaban J connectivity index is 2.15. The van der Waals surface area contributed by atoms with Crippen molar-refractivity contribution in [3.8, 4) is 0 Å². The van der Waals surface area contributed by atoms with Gasteiger partial charge < -0.3 is 4.90 Å². The van der Waals surface area contributed by atoms with Gasteiger partial charge in [0.2, 0.25) is 0 Å². The minimum absolute atomic E-state index is 0.124. The molecule has 1 heterocycles. The molecule has 0 saturated carbocycles. The molecule has 0 unspecified atom stereocenters. The van der Waals surface area contributed by atoms with Crippen LogP contribution >= 0.6 is 0 Å². The van der Waals surface area contributed by atoms with Crippen molar-refractivity contribution in [3.05, 3.63) is 0 Å². The number of hydrogen-bond donors (Lipinski definition) is 0. The molecule has 1 aliphatic heterocycles. The molecule has 1 saturated heterocycles. The molecular formula is C11H18F3NO. The Hall–Kier alpha value is -0.580. The molecule has 1 fully saturated rings. The Labute approximate surface area is 93.8 Å². The fourth-order valence-electron chi connectivity index (χ4n) is 2.07. The van der Waals surface area contributed by atoms with Crippen LogP contribution in [0.3, 0.4) is 0 Å². The second-order valence-electron chi connectivity index (χ2n) is 4.45. The van der Waals surface area contributed by atoms with Crippen molar-refractivity contribution in [1.82, 2.24) is 4.90 Å². The van der Waals surface area contributed by atoms with Crippen molar-refractivity contribution in [2.24, 2.45) is 5.92 Å². The second kappa shape index (κ2) is 5.66. The largest absolute Gasteiger partial charge is 0.389 e. The van der Waals surface area contributed by atoms with Gasteiger partial charge >= 0.3 is 6.18 Å². The van der Waals surface area contributed by atoms with Gasteiger partial charge in [-0.05, 0) is 45.8 Å². The van der Waals surface area contributed by atoms with Crippen molar-refractivity contribution >= 4 is 5.78 Å². The minimum Gasteiger partial charge on any atom is -0.303 e. The molecule has 0 bridgehead atoms. The molecule has 0 N–H and O–H groups in total. The maximum atomic E-state index is 11.9. The number of piperidine rings is 1. The Morgan fingerprint density at radius 2 is 1.88 bits per heavy atom. The van der Waals surface area contributed by atoms with Crippen molar-refractivity contribution in [3.63, 3.8) is 0 Å². The third-order valence-corrected chi connectivity index (χ3v) is 3.10. The summed E-state index contributed by atoms with van der Waals surface area (Å²) in [6, 6.07) is 0. The summed E-state index contributed by atoms with van der Waals surface area (Å²) in [6.45, 7) is 3.58. The number of hydrogen-bond acceptors (Lipinski definition) is 2. The zero-order valence-electron chi connectivity index (χ0n) is 9.52. The van der Waals surface area contributed by atoms with E-state index in [1.54, 1.807) is 6.92 Å². The molecule has 16 heavy (non-hydrogen) atoms. The van der Waals surface area contributed by atoms with Gasteiger partial charge in [-0.25, -0.2) is 0 Å². The first-order valence-corrected chi connectivity index (χ1v) is 5.68. The first-order valence-electron chi connectivity index (χ1n) is 5.68. The lowest BCUT2D eigenvalue weighted by Crippen LogP contribution is -2.36. The summed E-state index contributed by atoms with van der Waals surface area (Å²) < 4.78 is 35.7. The van der Waals surface area contributed by atoms with E-state index in [4.69, 9.17) is 0 Å². The molecule has 5 heteroatoms. The molecule has 0 spiro atoms. The summed E-state index contributed by atoms with van der Waals surface area (Å²) in [5.74, 6) is 0.328. The van der Waals surface area contributed by atoms with Crippen LogP contribution in [0.5, 0.6) is 0 Å². The Bertz CT molecular complexity index is 232. The smallest absolute Gasteiger partial charge is 0.303 e. The monoisotopic (exact) mass is 237 g/mol. The number of ketones is 1. The van der Waals surface area contributed by atoms with E-state index in [1.165, 1.54) is 0 Å². The number of halogens is 3. The number of Topliss-reactive ketones (excluding diaryl/α,β-unsaturated/α-hetero) is 1. The van der Waals surface area contributed by atoms with Crippen LogP contribution in [0.25, 0.3) is 0 Å². The van der Waals surface area contributed by atoms with Crippen LogP contribution in [0.2, 0.25) is 0 Å². The second-order valence-corrected chi connectivity index (χ2v) is 4.45. The van der Waals surface area contributed by atoms with Gasteiger partial charge in [0.25, 0.3) is 0 Å². The van der Waals surface area contributed by atoms with Crippen LogP contribution in [0, 0.1) is 5.92 Å². The molecule has 2 nitrogen and oxygen atoms in total. The van der Waals surface area contributed by atoms with Gasteiger partial charge in [0.15, 0.2) is 0 Å². The lowest BCUT2D eigenvalue weighted by Gasteiger charge is -2.30. The van der Waals surface area contributed by atoms with E-state index in [9.17, 15) is 18.0 Å². The van der Waals surface area contributed by atoms with Crippen LogP contribution in [0.1, 0.15) is 32.6 Å². The molecule has 0 amide bonds. The molecular weight excluding hydrogens is 219 g/mol. The third kappa shape index (κ3) is 4.96. The van der Waals surface area contributed by atoms with Gasteiger partial charge in [0, 0.05) is 12.3 Å². The Morgan fingerprint density at radius 3 is 2.31 bits per heavy atom. The zero-order chi connectivity index (χ0) is 12.2. The highest BCUT2D eigenvalue weighted by Crippen LogP contribution is 2.23. The van der Waals surface area contributed by atoms with Crippen LogP contribution in [-0.4, -0.2) is 36.5 Å². The average Bonchev–Trinajstić information content (AvgIpc) is 2.16. The number of alkyl halides is 3. The molecule has 0 aromatic heterocycles. The van der Waals surface area contributed by atoms with Crippen molar-refractivity contribution in [2.75, 3.05) is 19.6 Å². The topological polar surface area (TPSA) is 20.3 Å². The zero-order valence-corrected chi connectivity index (χ0v) is 9.52. The van der Waals surface area contributed by atoms with Gasteiger partial charge in [-0.3, -0.25) is 4.79 Å². The average molecular weight is 237 g/mol. The van der Waals surface area contributed by atoms with Gasteiger partial charge in [-0.2, -0.15) is 13.2 Å². The van der Waals surface area contributed by atoms with E-state index in [0.29, 0.717) is 6.54 Å². The van der Waals surface area contributed by atoms with Gasteiger partial charge in [-0.15, -0.1) is 0 Å². The third-order valence-electron chi connectivity index (χ3n) is 3.10. The minimum atomic E-state index is -4.04. The van der Waals surface area contributed by atoms with Gasteiger partial charge in [-0.1, -0.05) is 0 Å². The molecule has 0 atom stereocenters. The highest BCUT2D eigenvalue weighted by Gasteiger charge is 2.27. The summed E-state index contributed by atoms with van der Waals surface area (Å²) >= 11 is 0. The maximum Gasteiger partial charge on any atom is 0.389 e.